The van der Waals surface area contributed by atoms with Crippen LogP contribution in [0.5, 0.6) is 0 Å². The number of carbonyl (C=O) groups is 2. The van der Waals surface area contributed by atoms with Crippen LogP contribution < -0.4 is 5.32 Å². The Morgan fingerprint density at radius 1 is 0.897 bits per heavy atom. The molecule has 3 aromatic rings. The third kappa shape index (κ3) is 5.71. The SMILES string of the molecule is N#CCSc1ccccc1NC(=O)COC(=O)c1ccc(-c2ccccc2)cc1. The molecule has 3 aromatic carbocycles. The van der Waals surface area contributed by atoms with Crippen molar-refractivity contribution in [3.63, 3.8) is 0 Å². The highest BCUT2D eigenvalue weighted by Crippen LogP contribution is 2.26. The number of anilines is 1. The van der Waals surface area contributed by atoms with Crippen molar-refractivity contribution < 1.29 is 14.3 Å². The quantitative estimate of drug-likeness (QED) is 0.455. The molecular weight excluding hydrogens is 384 g/mol. The summed E-state index contributed by atoms with van der Waals surface area (Å²) in [5.41, 5.74) is 3.01. The Morgan fingerprint density at radius 2 is 1.55 bits per heavy atom. The summed E-state index contributed by atoms with van der Waals surface area (Å²) in [4.78, 5) is 25.1. The van der Waals surface area contributed by atoms with Crippen LogP contribution in [-0.2, 0) is 9.53 Å². The predicted molar refractivity (Wildman–Crippen MR) is 114 cm³/mol. The Morgan fingerprint density at radius 3 is 2.28 bits per heavy atom. The Kier molecular flexibility index (Phi) is 7.04. The standard InChI is InChI=1S/C23H18N2O3S/c24-14-15-29-21-9-5-4-8-20(21)25-22(26)16-28-23(27)19-12-10-18(11-13-19)17-6-2-1-3-7-17/h1-13H,15-16H2,(H,25,26). The number of hydrogen-bond donors (Lipinski definition) is 1. The maximum Gasteiger partial charge on any atom is 0.338 e. The average Bonchev–Trinajstić information content (AvgIpc) is 2.77. The zero-order valence-corrected chi connectivity index (χ0v) is 16.3. The molecule has 0 saturated carbocycles. The summed E-state index contributed by atoms with van der Waals surface area (Å²) in [5.74, 6) is -0.725. The van der Waals surface area contributed by atoms with Crippen LogP contribution in [0.1, 0.15) is 10.4 Å². The van der Waals surface area contributed by atoms with Gasteiger partial charge in [-0.15, -0.1) is 11.8 Å². The van der Waals surface area contributed by atoms with Gasteiger partial charge in [0, 0.05) is 4.90 Å². The molecule has 29 heavy (non-hydrogen) atoms. The molecule has 0 saturated heterocycles. The van der Waals surface area contributed by atoms with Gasteiger partial charge in [-0.1, -0.05) is 54.6 Å². The molecule has 0 heterocycles. The number of amides is 1. The molecule has 0 radical (unpaired) electrons. The summed E-state index contributed by atoms with van der Waals surface area (Å²) in [6, 6.07) is 26.1. The van der Waals surface area contributed by atoms with Crippen molar-refractivity contribution in [2.45, 2.75) is 4.90 Å². The topological polar surface area (TPSA) is 79.2 Å². The molecule has 0 unspecified atom stereocenters. The average molecular weight is 402 g/mol. The highest BCUT2D eigenvalue weighted by Gasteiger charge is 2.12. The van der Waals surface area contributed by atoms with Crippen LogP contribution in [0.4, 0.5) is 5.69 Å². The first-order valence-corrected chi connectivity index (χ1v) is 9.87. The molecule has 0 aliphatic carbocycles. The summed E-state index contributed by atoms with van der Waals surface area (Å²) in [7, 11) is 0. The molecule has 0 atom stereocenters. The smallest absolute Gasteiger partial charge is 0.338 e. The van der Waals surface area contributed by atoms with Crippen molar-refractivity contribution in [2.75, 3.05) is 17.7 Å². The largest absolute Gasteiger partial charge is 0.452 e. The first-order valence-electron chi connectivity index (χ1n) is 8.88. The van der Waals surface area contributed by atoms with Crippen molar-refractivity contribution in [1.29, 1.82) is 5.26 Å². The molecular formula is C23H18N2O3S. The molecule has 1 N–H and O–H groups in total. The molecule has 0 aliphatic rings. The third-order valence-corrected chi connectivity index (χ3v) is 4.96. The number of thioether (sulfide) groups is 1. The molecule has 0 spiro atoms. The molecule has 5 nitrogen and oxygen atoms in total. The fourth-order valence-electron chi connectivity index (χ4n) is 2.64. The number of esters is 1. The van der Waals surface area contributed by atoms with Crippen LogP contribution in [0.15, 0.2) is 83.8 Å². The van der Waals surface area contributed by atoms with Gasteiger partial charge in [0.1, 0.15) is 0 Å². The van der Waals surface area contributed by atoms with E-state index in [0.717, 1.165) is 16.0 Å². The normalized spacial score (nSPS) is 10.0. The summed E-state index contributed by atoms with van der Waals surface area (Å²) in [5, 5.41) is 11.4. The number of para-hydroxylation sites is 1. The molecule has 0 aromatic heterocycles. The molecule has 3 rings (SSSR count). The van der Waals surface area contributed by atoms with Crippen molar-refractivity contribution in [3.8, 4) is 17.2 Å². The van der Waals surface area contributed by atoms with E-state index in [1.54, 1.807) is 24.3 Å². The lowest BCUT2D eigenvalue weighted by Gasteiger charge is -2.10. The van der Waals surface area contributed by atoms with Gasteiger partial charge in [-0.05, 0) is 35.4 Å². The predicted octanol–water partition coefficient (Wildman–Crippen LogP) is 4.76. The van der Waals surface area contributed by atoms with Crippen LogP contribution in [0.25, 0.3) is 11.1 Å². The number of nitriles is 1. The summed E-state index contributed by atoms with van der Waals surface area (Å²) < 4.78 is 5.12. The van der Waals surface area contributed by atoms with Crippen LogP contribution in [0, 0.1) is 11.3 Å². The van der Waals surface area contributed by atoms with E-state index in [1.165, 1.54) is 11.8 Å². The highest BCUT2D eigenvalue weighted by molar-refractivity contribution is 7.99. The lowest BCUT2D eigenvalue weighted by atomic mass is 10.0. The van der Waals surface area contributed by atoms with Gasteiger partial charge in [-0.2, -0.15) is 5.26 Å². The van der Waals surface area contributed by atoms with E-state index >= 15 is 0 Å². The maximum absolute atomic E-state index is 12.2. The van der Waals surface area contributed by atoms with Gasteiger partial charge in [-0.3, -0.25) is 4.79 Å². The Hall–Kier alpha value is -3.56. The molecule has 6 heteroatoms. The summed E-state index contributed by atoms with van der Waals surface area (Å²) >= 11 is 1.33. The molecule has 1 amide bonds. The van der Waals surface area contributed by atoms with E-state index in [0.29, 0.717) is 11.3 Å². The van der Waals surface area contributed by atoms with E-state index in [-0.39, 0.29) is 5.75 Å². The van der Waals surface area contributed by atoms with Crippen molar-refractivity contribution in [3.05, 3.63) is 84.4 Å². The minimum Gasteiger partial charge on any atom is -0.452 e. The fraction of sp³-hybridized carbons (Fsp3) is 0.0870. The second-order valence-electron chi connectivity index (χ2n) is 6.01. The summed E-state index contributed by atoms with van der Waals surface area (Å²) in [6.45, 7) is -0.392. The monoisotopic (exact) mass is 402 g/mol. The number of benzene rings is 3. The van der Waals surface area contributed by atoms with E-state index in [1.807, 2.05) is 54.6 Å². The molecule has 0 fully saturated rings. The van der Waals surface area contributed by atoms with Gasteiger partial charge < -0.3 is 10.1 Å². The van der Waals surface area contributed by atoms with Crippen molar-refractivity contribution in [2.24, 2.45) is 0 Å². The zero-order chi connectivity index (χ0) is 20.5. The molecule has 0 bridgehead atoms. The number of nitrogens with zero attached hydrogens (tertiary/aromatic N) is 1. The minimum absolute atomic E-state index is 0.279. The van der Waals surface area contributed by atoms with E-state index in [9.17, 15) is 9.59 Å². The maximum atomic E-state index is 12.2. The first-order chi connectivity index (χ1) is 14.2. The Balaban J connectivity index is 1.55. The van der Waals surface area contributed by atoms with Crippen molar-refractivity contribution >= 4 is 29.3 Å². The number of ether oxygens (including phenoxy) is 1. The lowest BCUT2D eigenvalue weighted by Crippen LogP contribution is -2.21. The third-order valence-electron chi connectivity index (χ3n) is 4.02. The van der Waals surface area contributed by atoms with Gasteiger partial charge in [0.15, 0.2) is 6.61 Å². The van der Waals surface area contributed by atoms with Crippen LogP contribution >= 0.6 is 11.8 Å². The van der Waals surface area contributed by atoms with Gasteiger partial charge in [-0.25, -0.2) is 4.79 Å². The van der Waals surface area contributed by atoms with Crippen LogP contribution in [-0.4, -0.2) is 24.2 Å². The van der Waals surface area contributed by atoms with E-state index < -0.39 is 18.5 Å². The minimum atomic E-state index is -0.563. The first kappa shape index (κ1) is 20.2. The molecule has 0 aliphatic heterocycles. The van der Waals surface area contributed by atoms with Crippen LogP contribution in [0.2, 0.25) is 0 Å². The number of rotatable bonds is 7. The van der Waals surface area contributed by atoms with Crippen LogP contribution in [0.3, 0.4) is 0 Å². The fourth-order valence-corrected chi connectivity index (χ4v) is 3.31. The van der Waals surface area contributed by atoms with Gasteiger partial charge in [0.05, 0.1) is 23.1 Å². The van der Waals surface area contributed by atoms with Gasteiger partial charge >= 0.3 is 5.97 Å². The van der Waals surface area contributed by atoms with E-state index in [2.05, 4.69) is 11.4 Å². The number of carbonyl (C=O) groups excluding carboxylic acids is 2. The summed E-state index contributed by atoms with van der Waals surface area (Å²) in [6.07, 6.45) is 0. The lowest BCUT2D eigenvalue weighted by molar-refractivity contribution is -0.119. The zero-order valence-electron chi connectivity index (χ0n) is 15.5. The van der Waals surface area contributed by atoms with Crippen molar-refractivity contribution in [1.82, 2.24) is 0 Å². The Labute approximate surface area is 173 Å². The van der Waals surface area contributed by atoms with Gasteiger partial charge in [0.25, 0.3) is 5.91 Å². The van der Waals surface area contributed by atoms with Gasteiger partial charge in [0.2, 0.25) is 0 Å². The highest BCUT2D eigenvalue weighted by atomic mass is 32.2. The Bertz CT molecular complexity index is 1030. The second kappa shape index (κ2) is 10.1. The molecule has 144 valence electrons. The number of nitrogens with one attached hydrogen (secondary N) is 1. The number of hydrogen-bond acceptors (Lipinski definition) is 5. The second-order valence-corrected chi connectivity index (χ2v) is 7.03. The van der Waals surface area contributed by atoms with E-state index in [4.69, 9.17) is 10.00 Å².